The Kier molecular flexibility index (Phi) is 7.00. The second-order valence-corrected chi connectivity index (χ2v) is 10.1. The van der Waals surface area contributed by atoms with Gasteiger partial charge in [-0.3, -0.25) is 14.5 Å². The predicted octanol–water partition coefficient (Wildman–Crippen LogP) is 4.59. The minimum atomic E-state index is -0.257. The summed E-state index contributed by atoms with van der Waals surface area (Å²) in [6.45, 7) is 3.56. The second kappa shape index (κ2) is 10.1. The number of nitrogens with zero attached hydrogens (tertiary/aromatic N) is 3. The van der Waals surface area contributed by atoms with Crippen molar-refractivity contribution in [2.24, 2.45) is 0 Å². The maximum atomic E-state index is 13.7. The lowest BCUT2D eigenvalue weighted by molar-refractivity contribution is -0.136. The first-order chi connectivity index (χ1) is 16.5. The third-order valence-corrected chi connectivity index (χ3v) is 7.93. The van der Waals surface area contributed by atoms with E-state index in [0.29, 0.717) is 28.0 Å². The molecule has 3 heterocycles. The highest BCUT2D eigenvalue weighted by Gasteiger charge is 2.38. The van der Waals surface area contributed by atoms with Crippen LogP contribution in [0.5, 0.6) is 5.75 Å². The van der Waals surface area contributed by atoms with Gasteiger partial charge in [-0.15, -0.1) is 0 Å². The molecule has 0 aliphatic carbocycles. The van der Waals surface area contributed by atoms with Crippen LogP contribution in [0.1, 0.15) is 37.2 Å². The molecule has 2 amide bonds. The summed E-state index contributed by atoms with van der Waals surface area (Å²) in [7, 11) is 0. The van der Waals surface area contributed by atoms with Crippen molar-refractivity contribution in [1.82, 2.24) is 9.80 Å². The number of hydrogen-bond acceptors (Lipinski definition) is 4. The number of amides is 2. The molecule has 0 aromatic heterocycles. The van der Waals surface area contributed by atoms with Gasteiger partial charge in [-0.1, -0.05) is 53.5 Å². The summed E-state index contributed by atoms with van der Waals surface area (Å²) in [5, 5.41) is 0.679. The van der Waals surface area contributed by atoms with E-state index in [1.54, 1.807) is 12.1 Å². The van der Waals surface area contributed by atoms with Crippen LogP contribution in [0.4, 0.5) is 5.69 Å². The van der Waals surface area contributed by atoms with E-state index in [4.69, 9.17) is 27.9 Å². The molecule has 6 nitrogen and oxygen atoms in total. The standard InChI is InChI=1S/C26H29Cl2N3O3/c27-20-13-22-24(14-21(20)28)34-17-26(33)31(22)16-25(32)30-12-6-9-19(18-7-2-1-3-8-18)23(30)15-29-10-4-5-11-29/h1-3,7-8,13-14,19,23H,4-6,9-12,15-17H2/t19-,23+/m1/s1. The van der Waals surface area contributed by atoms with Crippen LogP contribution in [0.3, 0.4) is 0 Å². The van der Waals surface area contributed by atoms with Crippen molar-refractivity contribution < 1.29 is 14.3 Å². The SMILES string of the molecule is O=C1COc2cc(Cl)c(Cl)cc2N1CC(=O)N1CCC[C@H](c2ccccc2)[C@@H]1CN1CCCC1. The Balaban J connectivity index is 1.41. The summed E-state index contributed by atoms with van der Waals surface area (Å²) in [6.07, 6.45) is 4.41. The molecule has 2 atom stereocenters. The van der Waals surface area contributed by atoms with E-state index >= 15 is 0 Å². The average molecular weight is 502 g/mol. The maximum Gasteiger partial charge on any atom is 0.265 e. The van der Waals surface area contributed by atoms with E-state index in [1.165, 1.54) is 23.3 Å². The molecule has 0 spiro atoms. The van der Waals surface area contributed by atoms with Crippen LogP contribution in [0.15, 0.2) is 42.5 Å². The van der Waals surface area contributed by atoms with E-state index in [1.807, 2.05) is 11.0 Å². The van der Waals surface area contributed by atoms with Crippen LogP contribution in [-0.4, -0.2) is 67.0 Å². The summed E-state index contributed by atoms with van der Waals surface area (Å²) < 4.78 is 5.55. The van der Waals surface area contributed by atoms with Crippen LogP contribution in [-0.2, 0) is 9.59 Å². The van der Waals surface area contributed by atoms with Crippen molar-refractivity contribution >= 4 is 40.7 Å². The number of fused-ring (bicyclic) bond motifs is 1. The highest BCUT2D eigenvalue weighted by atomic mass is 35.5. The van der Waals surface area contributed by atoms with Gasteiger partial charge in [0.1, 0.15) is 12.3 Å². The minimum absolute atomic E-state index is 0.0365. The fourth-order valence-corrected chi connectivity index (χ4v) is 5.82. The number of hydrogen-bond donors (Lipinski definition) is 0. The molecule has 2 aromatic carbocycles. The zero-order valence-corrected chi connectivity index (χ0v) is 20.6. The van der Waals surface area contributed by atoms with Gasteiger partial charge in [0.2, 0.25) is 5.91 Å². The van der Waals surface area contributed by atoms with E-state index < -0.39 is 0 Å². The van der Waals surface area contributed by atoms with E-state index in [9.17, 15) is 9.59 Å². The van der Waals surface area contributed by atoms with E-state index in [0.717, 1.165) is 32.5 Å². The van der Waals surface area contributed by atoms with Crippen LogP contribution >= 0.6 is 23.2 Å². The Hall–Kier alpha value is -2.28. The lowest BCUT2D eigenvalue weighted by atomic mass is 9.83. The Morgan fingerprint density at radius 3 is 2.50 bits per heavy atom. The van der Waals surface area contributed by atoms with Gasteiger partial charge in [-0.05, 0) is 50.4 Å². The van der Waals surface area contributed by atoms with Crippen LogP contribution in [0, 0.1) is 0 Å². The summed E-state index contributed by atoms with van der Waals surface area (Å²) in [5.41, 5.74) is 1.77. The Labute approximate surface area is 210 Å². The smallest absolute Gasteiger partial charge is 0.265 e. The lowest BCUT2D eigenvalue weighted by Crippen LogP contribution is -2.55. The number of piperidine rings is 1. The Morgan fingerprint density at radius 2 is 1.74 bits per heavy atom. The highest BCUT2D eigenvalue weighted by molar-refractivity contribution is 6.42. The molecule has 0 saturated carbocycles. The third kappa shape index (κ3) is 4.77. The molecule has 5 rings (SSSR count). The van der Waals surface area contributed by atoms with Crippen molar-refractivity contribution in [2.45, 2.75) is 37.6 Å². The molecule has 0 radical (unpaired) electrons. The van der Waals surface area contributed by atoms with Gasteiger partial charge in [0.25, 0.3) is 5.91 Å². The Bertz CT molecular complexity index is 1060. The van der Waals surface area contributed by atoms with E-state index in [2.05, 4.69) is 29.2 Å². The van der Waals surface area contributed by atoms with Crippen molar-refractivity contribution in [3.05, 3.63) is 58.1 Å². The lowest BCUT2D eigenvalue weighted by Gasteiger charge is -2.44. The van der Waals surface area contributed by atoms with Crippen molar-refractivity contribution in [1.29, 1.82) is 0 Å². The summed E-state index contributed by atoms with van der Waals surface area (Å²) >= 11 is 12.4. The largest absolute Gasteiger partial charge is 0.482 e. The molecular weight excluding hydrogens is 473 g/mol. The monoisotopic (exact) mass is 501 g/mol. The summed E-state index contributed by atoms with van der Waals surface area (Å²) in [6, 6.07) is 13.8. The molecule has 3 aliphatic heterocycles. The summed E-state index contributed by atoms with van der Waals surface area (Å²) in [5.74, 6) is 0.445. The van der Waals surface area contributed by atoms with Crippen molar-refractivity contribution in [3.8, 4) is 5.75 Å². The van der Waals surface area contributed by atoms with Crippen molar-refractivity contribution in [2.75, 3.05) is 44.2 Å². The normalized spacial score (nSPS) is 23.1. The van der Waals surface area contributed by atoms with Crippen LogP contribution < -0.4 is 9.64 Å². The zero-order chi connectivity index (χ0) is 23.7. The van der Waals surface area contributed by atoms with Crippen molar-refractivity contribution in [3.63, 3.8) is 0 Å². The first kappa shape index (κ1) is 23.5. The number of carbonyl (C=O) groups is 2. The first-order valence-corrected chi connectivity index (χ1v) is 12.8. The quantitative estimate of drug-likeness (QED) is 0.601. The van der Waals surface area contributed by atoms with Crippen LogP contribution in [0.2, 0.25) is 10.0 Å². The topological polar surface area (TPSA) is 53.1 Å². The summed E-state index contributed by atoms with van der Waals surface area (Å²) in [4.78, 5) is 32.5. The highest BCUT2D eigenvalue weighted by Crippen LogP contribution is 2.39. The minimum Gasteiger partial charge on any atom is -0.482 e. The number of benzene rings is 2. The zero-order valence-electron chi connectivity index (χ0n) is 19.1. The Morgan fingerprint density at radius 1 is 1.00 bits per heavy atom. The molecule has 0 N–H and O–H groups in total. The molecular formula is C26H29Cl2N3O3. The fourth-order valence-electron chi connectivity index (χ4n) is 5.51. The number of likely N-dealkylation sites (tertiary alicyclic amines) is 2. The van der Waals surface area contributed by atoms with Crippen LogP contribution in [0.25, 0.3) is 0 Å². The van der Waals surface area contributed by atoms with Gasteiger partial charge in [0, 0.05) is 25.1 Å². The number of rotatable bonds is 5. The molecule has 3 aliphatic rings. The third-order valence-electron chi connectivity index (χ3n) is 7.21. The predicted molar refractivity (Wildman–Crippen MR) is 134 cm³/mol. The maximum absolute atomic E-state index is 13.7. The van der Waals surface area contributed by atoms with Gasteiger partial charge < -0.3 is 14.5 Å². The molecule has 2 saturated heterocycles. The average Bonchev–Trinajstić information content (AvgIpc) is 3.36. The number of carbonyl (C=O) groups excluding carboxylic acids is 2. The number of ether oxygens (including phenoxy) is 1. The molecule has 2 aromatic rings. The van der Waals surface area contributed by atoms with Gasteiger partial charge in [0.05, 0.1) is 21.8 Å². The van der Waals surface area contributed by atoms with Gasteiger partial charge in [-0.2, -0.15) is 0 Å². The number of halogens is 2. The molecule has 34 heavy (non-hydrogen) atoms. The van der Waals surface area contributed by atoms with Gasteiger partial charge in [-0.25, -0.2) is 0 Å². The van der Waals surface area contributed by atoms with Gasteiger partial charge in [0.15, 0.2) is 6.61 Å². The molecule has 0 unspecified atom stereocenters. The van der Waals surface area contributed by atoms with E-state index in [-0.39, 0.29) is 36.9 Å². The molecule has 180 valence electrons. The molecule has 8 heteroatoms. The first-order valence-electron chi connectivity index (χ1n) is 12.0. The molecule has 2 fully saturated rings. The van der Waals surface area contributed by atoms with Gasteiger partial charge >= 0.3 is 0 Å². The number of anilines is 1. The fraction of sp³-hybridized carbons (Fsp3) is 0.462. The second-order valence-electron chi connectivity index (χ2n) is 9.32. The molecule has 0 bridgehead atoms.